The summed E-state index contributed by atoms with van der Waals surface area (Å²) >= 11 is 5.11. The number of carboxylic acids is 1. The molecule has 1 heterocycles. The van der Waals surface area contributed by atoms with Gasteiger partial charge in [0.2, 0.25) is 0 Å². The first-order valence-corrected chi connectivity index (χ1v) is 6.63. The lowest BCUT2D eigenvalue weighted by molar-refractivity contribution is 0.0697. The van der Waals surface area contributed by atoms with Crippen LogP contribution in [0, 0.1) is 0 Å². The van der Waals surface area contributed by atoms with Crippen LogP contribution in [-0.2, 0) is 6.54 Å². The van der Waals surface area contributed by atoms with Crippen molar-refractivity contribution in [1.82, 2.24) is 0 Å². The quantitative estimate of drug-likeness (QED) is 0.902. The second kappa shape index (κ2) is 5.33. The SMILES string of the molecule is O=C(O)c1cccc(NCc2sccc2Br)c1. The summed E-state index contributed by atoms with van der Waals surface area (Å²) in [5, 5.41) is 14.1. The maximum absolute atomic E-state index is 10.8. The minimum atomic E-state index is -0.911. The van der Waals surface area contributed by atoms with Crippen molar-refractivity contribution in [3.63, 3.8) is 0 Å². The highest BCUT2D eigenvalue weighted by molar-refractivity contribution is 9.10. The van der Waals surface area contributed by atoms with E-state index in [2.05, 4.69) is 21.2 Å². The number of hydrogen-bond acceptors (Lipinski definition) is 3. The molecule has 3 nitrogen and oxygen atoms in total. The van der Waals surface area contributed by atoms with Crippen molar-refractivity contribution in [2.24, 2.45) is 0 Å². The number of carbonyl (C=O) groups is 1. The van der Waals surface area contributed by atoms with E-state index in [4.69, 9.17) is 5.11 Å². The number of aromatic carboxylic acids is 1. The molecule has 5 heteroatoms. The fraction of sp³-hybridized carbons (Fsp3) is 0.0833. The second-order valence-corrected chi connectivity index (χ2v) is 5.29. The molecule has 1 aromatic carbocycles. The molecular weight excluding hydrogens is 302 g/mol. The van der Waals surface area contributed by atoms with E-state index < -0.39 is 5.97 Å². The van der Waals surface area contributed by atoms with E-state index >= 15 is 0 Å². The molecule has 0 spiro atoms. The van der Waals surface area contributed by atoms with Crippen molar-refractivity contribution in [2.45, 2.75) is 6.54 Å². The van der Waals surface area contributed by atoms with Crippen molar-refractivity contribution >= 4 is 38.9 Å². The fourth-order valence-electron chi connectivity index (χ4n) is 1.40. The van der Waals surface area contributed by atoms with E-state index in [1.54, 1.807) is 29.5 Å². The van der Waals surface area contributed by atoms with Crippen LogP contribution in [0.15, 0.2) is 40.2 Å². The highest BCUT2D eigenvalue weighted by atomic mass is 79.9. The van der Waals surface area contributed by atoms with Gasteiger partial charge < -0.3 is 10.4 Å². The molecule has 1 aromatic heterocycles. The average molecular weight is 312 g/mol. The van der Waals surface area contributed by atoms with Crippen LogP contribution >= 0.6 is 27.3 Å². The third-order valence-corrected chi connectivity index (χ3v) is 4.18. The lowest BCUT2D eigenvalue weighted by Crippen LogP contribution is -2.01. The monoisotopic (exact) mass is 311 g/mol. The summed E-state index contributed by atoms with van der Waals surface area (Å²) in [6.07, 6.45) is 0. The Balaban J connectivity index is 2.07. The zero-order valence-corrected chi connectivity index (χ0v) is 11.2. The molecule has 0 aliphatic heterocycles. The van der Waals surface area contributed by atoms with Crippen LogP contribution in [0.5, 0.6) is 0 Å². The fourth-order valence-corrected chi connectivity index (χ4v) is 2.83. The Morgan fingerprint density at radius 3 is 2.88 bits per heavy atom. The number of nitrogens with one attached hydrogen (secondary N) is 1. The molecule has 2 N–H and O–H groups in total. The van der Waals surface area contributed by atoms with Gasteiger partial charge in [-0.1, -0.05) is 6.07 Å². The van der Waals surface area contributed by atoms with Crippen molar-refractivity contribution in [3.05, 3.63) is 50.6 Å². The Labute approximate surface area is 111 Å². The van der Waals surface area contributed by atoms with Gasteiger partial charge in [-0.05, 0) is 45.6 Å². The molecule has 0 fully saturated rings. The van der Waals surface area contributed by atoms with Crippen LogP contribution in [0.3, 0.4) is 0 Å². The van der Waals surface area contributed by atoms with E-state index in [0.717, 1.165) is 10.2 Å². The maximum atomic E-state index is 10.8. The van der Waals surface area contributed by atoms with Crippen LogP contribution in [0.2, 0.25) is 0 Å². The summed E-state index contributed by atoms with van der Waals surface area (Å²) in [5.74, 6) is -0.911. The van der Waals surface area contributed by atoms with Crippen LogP contribution in [0.4, 0.5) is 5.69 Å². The van der Waals surface area contributed by atoms with Crippen molar-refractivity contribution in [3.8, 4) is 0 Å². The summed E-state index contributed by atoms with van der Waals surface area (Å²) < 4.78 is 1.07. The lowest BCUT2D eigenvalue weighted by atomic mass is 10.2. The van der Waals surface area contributed by atoms with Gasteiger partial charge in [-0.2, -0.15) is 0 Å². The molecule has 0 amide bonds. The topological polar surface area (TPSA) is 49.3 Å². The van der Waals surface area contributed by atoms with E-state index in [0.29, 0.717) is 12.1 Å². The Kier molecular flexibility index (Phi) is 3.81. The summed E-state index contributed by atoms with van der Waals surface area (Å²) in [5.41, 5.74) is 1.10. The minimum Gasteiger partial charge on any atom is -0.478 e. The standard InChI is InChI=1S/C12H10BrNO2S/c13-10-4-5-17-11(10)7-14-9-3-1-2-8(6-9)12(15)16/h1-6,14H,7H2,(H,15,16). The van der Waals surface area contributed by atoms with Crippen molar-refractivity contribution < 1.29 is 9.90 Å². The highest BCUT2D eigenvalue weighted by Crippen LogP contribution is 2.23. The molecular formula is C12H10BrNO2S. The zero-order valence-electron chi connectivity index (χ0n) is 8.81. The molecule has 88 valence electrons. The number of anilines is 1. The Morgan fingerprint density at radius 1 is 1.41 bits per heavy atom. The van der Waals surface area contributed by atoms with E-state index in [-0.39, 0.29) is 0 Å². The normalized spacial score (nSPS) is 10.2. The number of hydrogen-bond donors (Lipinski definition) is 2. The van der Waals surface area contributed by atoms with Gasteiger partial charge in [-0.3, -0.25) is 0 Å². The third-order valence-electron chi connectivity index (χ3n) is 2.25. The summed E-state index contributed by atoms with van der Waals surface area (Å²) in [6, 6.07) is 8.79. The van der Waals surface area contributed by atoms with Crippen LogP contribution in [-0.4, -0.2) is 11.1 Å². The summed E-state index contributed by atoms with van der Waals surface area (Å²) in [4.78, 5) is 12.0. The van der Waals surface area contributed by atoms with Crippen molar-refractivity contribution in [2.75, 3.05) is 5.32 Å². The van der Waals surface area contributed by atoms with Gasteiger partial charge in [0.1, 0.15) is 0 Å². The second-order valence-electron chi connectivity index (χ2n) is 3.43. The van der Waals surface area contributed by atoms with Gasteiger partial charge in [0.15, 0.2) is 0 Å². The molecule has 0 atom stereocenters. The van der Waals surface area contributed by atoms with E-state index in [9.17, 15) is 4.79 Å². The molecule has 2 aromatic rings. The Morgan fingerprint density at radius 2 is 2.24 bits per heavy atom. The van der Waals surface area contributed by atoms with Gasteiger partial charge in [0.05, 0.1) is 12.1 Å². The highest BCUT2D eigenvalue weighted by Gasteiger charge is 2.04. The maximum Gasteiger partial charge on any atom is 0.335 e. The number of benzene rings is 1. The lowest BCUT2D eigenvalue weighted by Gasteiger charge is -2.06. The smallest absolute Gasteiger partial charge is 0.335 e. The molecule has 0 aliphatic carbocycles. The molecule has 17 heavy (non-hydrogen) atoms. The predicted molar refractivity (Wildman–Crippen MR) is 72.7 cm³/mol. The first-order valence-electron chi connectivity index (χ1n) is 4.96. The molecule has 0 saturated carbocycles. The predicted octanol–water partition coefficient (Wildman–Crippen LogP) is 3.82. The van der Waals surface area contributed by atoms with Crippen LogP contribution < -0.4 is 5.32 Å². The molecule has 0 radical (unpaired) electrons. The third kappa shape index (κ3) is 3.08. The number of rotatable bonds is 4. The number of halogens is 1. The number of thiophene rings is 1. The van der Waals surface area contributed by atoms with Gasteiger partial charge in [-0.25, -0.2) is 4.79 Å². The van der Waals surface area contributed by atoms with Gasteiger partial charge in [0.25, 0.3) is 0 Å². The Hall–Kier alpha value is -1.33. The molecule has 0 unspecified atom stereocenters. The minimum absolute atomic E-state index is 0.292. The van der Waals surface area contributed by atoms with Crippen LogP contribution in [0.25, 0.3) is 0 Å². The number of carboxylic acid groups (broad SMARTS) is 1. The Bertz CT molecular complexity index is 539. The van der Waals surface area contributed by atoms with E-state index in [1.807, 2.05) is 17.5 Å². The van der Waals surface area contributed by atoms with Gasteiger partial charge >= 0.3 is 5.97 Å². The molecule has 0 bridgehead atoms. The van der Waals surface area contributed by atoms with Crippen LogP contribution in [0.1, 0.15) is 15.2 Å². The molecule has 0 saturated heterocycles. The first kappa shape index (κ1) is 12.1. The largest absolute Gasteiger partial charge is 0.478 e. The zero-order chi connectivity index (χ0) is 12.3. The molecule has 0 aliphatic rings. The average Bonchev–Trinajstić information content (AvgIpc) is 2.72. The summed E-state index contributed by atoms with van der Waals surface area (Å²) in [7, 11) is 0. The van der Waals surface area contributed by atoms with E-state index in [1.165, 1.54) is 4.88 Å². The first-order chi connectivity index (χ1) is 8.16. The summed E-state index contributed by atoms with van der Waals surface area (Å²) in [6.45, 7) is 0.682. The van der Waals surface area contributed by atoms with Crippen molar-refractivity contribution in [1.29, 1.82) is 0 Å². The van der Waals surface area contributed by atoms with Gasteiger partial charge in [0, 0.05) is 15.0 Å². The molecule has 2 rings (SSSR count). The van der Waals surface area contributed by atoms with Gasteiger partial charge in [-0.15, -0.1) is 11.3 Å².